The highest BCUT2D eigenvalue weighted by molar-refractivity contribution is 5.92. The van der Waals surface area contributed by atoms with E-state index in [1.165, 1.54) is 18.5 Å². The molecule has 0 bridgehead atoms. The van der Waals surface area contributed by atoms with Crippen LogP contribution in [0.1, 0.15) is 19.8 Å². The predicted octanol–water partition coefficient (Wildman–Crippen LogP) is 2.08. The summed E-state index contributed by atoms with van der Waals surface area (Å²) >= 11 is 0. The van der Waals surface area contributed by atoms with E-state index in [4.69, 9.17) is 0 Å². The van der Waals surface area contributed by atoms with Gasteiger partial charge in [-0.2, -0.15) is 0 Å². The van der Waals surface area contributed by atoms with E-state index in [9.17, 15) is 4.79 Å². The van der Waals surface area contributed by atoms with Crippen molar-refractivity contribution in [1.29, 1.82) is 0 Å². The third-order valence-electron chi connectivity index (χ3n) is 3.56. The van der Waals surface area contributed by atoms with Crippen molar-refractivity contribution in [3.8, 4) is 0 Å². The number of rotatable bonds is 5. The lowest BCUT2D eigenvalue weighted by atomic mass is 10.1. The number of amides is 1. The molecule has 0 saturated carbocycles. The predicted molar refractivity (Wildman–Crippen MR) is 79.6 cm³/mol. The number of benzene rings is 1. The Labute approximate surface area is 115 Å². The summed E-state index contributed by atoms with van der Waals surface area (Å²) in [6.45, 7) is 4.90. The molecular formula is C15H23N3O. The SMILES string of the molecule is CNCC(C)C(=O)Nc1ccc(N2CCCC2)cc1. The van der Waals surface area contributed by atoms with E-state index >= 15 is 0 Å². The van der Waals surface area contributed by atoms with Crippen molar-refractivity contribution in [1.82, 2.24) is 5.32 Å². The van der Waals surface area contributed by atoms with Gasteiger partial charge in [0.05, 0.1) is 0 Å². The van der Waals surface area contributed by atoms with Gasteiger partial charge in [0.2, 0.25) is 5.91 Å². The van der Waals surface area contributed by atoms with E-state index in [0.717, 1.165) is 18.8 Å². The first-order valence-corrected chi connectivity index (χ1v) is 7.01. The molecule has 1 saturated heterocycles. The molecule has 1 heterocycles. The monoisotopic (exact) mass is 261 g/mol. The quantitative estimate of drug-likeness (QED) is 0.853. The number of nitrogens with one attached hydrogen (secondary N) is 2. The van der Waals surface area contributed by atoms with Crippen molar-refractivity contribution in [2.45, 2.75) is 19.8 Å². The average Bonchev–Trinajstić information content (AvgIpc) is 2.94. The number of hydrogen-bond donors (Lipinski definition) is 2. The van der Waals surface area contributed by atoms with Crippen LogP contribution < -0.4 is 15.5 Å². The van der Waals surface area contributed by atoms with Crippen molar-refractivity contribution in [2.75, 3.05) is 36.9 Å². The number of anilines is 2. The molecule has 0 aliphatic carbocycles. The summed E-state index contributed by atoms with van der Waals surface area (Å²) in [6.07, 6.45) is 2.56. The molecule has 1 amide bonds. The lowest BCUT2D eigenvalue weighted by Gasteiger charge is -2.18. The largest absolute Gasteiger partial charge is 0.372 e. The topological polar surface area (TPSA) is 44.4 Å². The van der Waals surface area contributed by atoms with Gasteiger partial charge in [0, 0.05) is 36.9 Å². The number of carbonyl (C=O) groups excluding carboxylic acids is 1. The van der Waals surface area contributed by atoms with Crippen LogP contribution in [0.15, 0.2) is 24.3 Å². The summed E-state index contributed by atoms with van der Waals surface area (Å²) in [4.78, 5) is 14.3. The van der Waals surface area contributed by atoms with Crippen LogP contribution in [0.25, 0.3) is 0 Å². The Bertz CT molecular complexity index is 410. The molecule has 104 valence electrons. The highest BCUT2D eigenvalue weighted by Gasteiger charge is 2.14. The number of nitrogens with zero attached hydrogens (tertiary/aromatic N) is 1. The lowest BCUT2D eigenvalue weighted by molar-refractivity contribution is -0.119. The maximum absolute atomic E-state index is 11.9. The first-order valence-electron chi connectivity index (χ1n) is 7.01. The molecule has 0 spiro atoms. The Balaban J connectivity index is 1.92. The third-order valence-corrected chi connectivity index (χ3v) is 3.56. The van der Waals surface area contributed by atoms with Crippen molar-refractivity contribution >= 4 is 17.3 Å². The van der Waals surface area contributed by atoms with Gasteiger partial charge in [-0.05, 0) is 44.2 Å². The van der Waals surface area contributed by atoms with E-state index in [1.54, 1.807) is 0 Å². The van der Waals surface area contributed by atoms with Gasteiger partial charge in [-0.15, -0.1) is 0 Å². The van der Waals surface area contributed by atoms with Gasteiger partial charge >= 0.3 is 0 Å². The van der Waals surface area contributed by atoms with Crippen molar-refractivity contribution in [3.63, 3.8) is 0 Å². The smallest absolute Gasteiger partial charge is 0.228 e. The van der Waals surface area contributed by atoms with Gasteiger partial charge in [-0.3, -0.25) is 4.79 Å². The molecule has 2 N–H and O–H groups in total. The second kappa shape index (κ2) is 6.57. The Morgan fingerprint density at radius 3 is 2.47 bits per heavy atom. The molecular weight excluding hydrogens is 238 g/mol. The van der Waals surface area contributed by atoms with Gasteiger partial charge in [0.25, 0.3) is 0 Å². The highest BCUT2D eigenvalue weighted by atomic mass is 16.1. The van der Waals surface area contributed by atoms with Crippen molar-refractivity contribution < 1.29 is 4.79 Å². The molecule has 1 aromatic rings. The molecule has 1 aliphatic rings. The zero-order valence-corrected chi connectivity index (χ0v) is 11.8. The van der Waals surface area contributed by atoms with Crippen LogP contribution in [0.4, 0.5) is 11.4 Å². The molecule has 0 radical (unpaired) electrons. The van der Waals surface area contributed by atoms with E-state index < -0.39 is 0 Å². The minimum Gasteiger partial charge on any atom is -0.372 e. The van der Waals surface area contributed by atoms with Gasteiger partial charge in [0.15, 0.2) is 0 Å². The number of hydrogen-bond acceptors (Lipinski definition) is 3. The van der Waals surface area contributed by atoms with Gasteiger partial charge in [-0.25, -0.2) is 0 Å². The van der Waals surface area contributed by atoms with Crippen LogP contribution in [-0.2, 0) is 4.79 Å². The van der Waals surface area contributed by atoms with Crippen LogP contribution in [0.5, 0.6) is 0 Å². The summed E-state index contributed by atoms with van der Waals surface area (Å²) in [7, 11) is 1.86. The van der Waals surface area contributed by atoms with Crippen molar-refractivity contribution in [3.05, 3.63) is 24.3 Å². The fraction of sp³-hybridized carbons (Fsp3) is 0.533. The summed E-state index contributed by atoms with van der Waals surface area (Å²) in [5.41, 5.74) is 2.12. The second-order valence-electron chi connectivity index (χ2n) is 5.19. The fourth-order valence-corrected chi connectivity index (χ4v) is 2.40. The third kappa shape index (κ3) is 3.70. The van der Waals surface area contributed by atoms with E-state index in [0.29, 0.717) is 6.54 Å². The van der Waals surface area contributed by atoms with E-state index in [1.807, 2.05) is 26.1 Å². The number of carbonyl (C=O) groups is 1. The van der Waals surface area contributed by atoms with Crippen LogP contribution in [0, 0.1) is 5.92 Å². The normalized spacial score (nSPS) is 16.4. The molecule has 1 fully saturated rings. The summed E-state index contributed by atoms with van der Waals surface area (Å²) in [5, 5.41) is 5.96. The molecule has 1 unspecified atom stereocenters. The Morgan fingerprint density at radius 1 is 1.26 bits per heavy atom. The van der Waals surface area contributed by atoms with Gasteiger partial charge in [-0.1, -0.05) is 6.92 Å². The Kier molecular flexibility index (Phi) is 4.80. The molecule has 4 nitrogen and oxygen atoms in total. The molecule has 4 heteroatoms. The van der Waals surface area contributed by atoms with Crippen LogP contribution in [0.3, 0.4) is 0 Å². The highest BCUT2D eigenvalue weighted by Crippen LogP contribution is 2.22. The molecule has 1 aliphatic heterocycles. The zero-order valence-electron chi connectivity index (χ0n) is 11.8. The maximum Gasteiger partial charge on any atom is 0.228 e. The van der Waals surface area contributed by atoms with E-state index in [-0.39, 0.29) is 11.8 Å². The van der Waals surface area contributed by atoms with Crippen LogP contribution >= 0.6 is 0 Å². The molecule has 1 atom stereocenters. The summed E-state index contributed by atoms with van der Waals surface area (Å²) in [6, 6.07) is 8.14. The van der Waals surface area contributed by atoms with Crippen molar-refractivity contribution in [2.24, 2.45) is 5.92 Å². The Hall–Kier alpha value is -1.55. The summed E-state index contributed by atoms with van der Waals surface area (Å²) in [5.74, 6) is 0.0338. The Morgan fingerprint density at radius 2 is 1.89 bits per heavy atom. The molecule has 19 heavy (non-hydrogen) atoms. The van der Waals surface area contributed by atoms with Gasteiger partial charge < -0.3 is 15.5 Å². The van der Waals surface area contributed by atoms with Crippen LogP contribution in [-0.4, -0.2) is 32.6 Å². The second-order valence-corrected chi connectivity index (χ2v) is 5.19. The zero-order chi connectivity index (χ0) is 13.7. The van der Waals surface area contributed by atoms with E-state index in [2.05, 4.69) is 27.7 Å². The molecule has 2 rings (SSSR count). The minimum atomic E-state index is -0.0248. The minimum absolute atomic E-state index is 0.0248. The first-order chi connectivity index (χ1) is 9.20. The molecule has 1 aromatic carbocycles. The van der Waals surface area contributed by atoms with Crippen LogP contribution in [0.2, 0.25) is 0 Å². The average molecular weight is 261 g/mol. The molecule has 0 aromatic heterocycles. The van der Waals surface area contributed by atoms with Gasteiger partial charge in [0.1, 0.15) is 0 Å². The first kappa shape index (κ1) is 13.9. The standard InChI is InChI=1S/C15H23N3O/c1-12(11-16-2)15(19)17-13-5-7-14(8-6-13)18-9-3-4-10-18/h5-8,12,16H,3-4,9-11H2,1-2H3,(H,17,19). The lowest BCUT2D eigenvalue weighted by Crippen LogP contribution is -2.28. The fourth-order valence-electron chi connectivity index (χ4n) is 2.40. The summed E-state index contributed by atoms with van der Waals surface area (Å²) < 4.78 is 0. The maximum atomic E-state index is 11.9.